The molecule has 0 heterocycles. The van der Waals surface area contributed by atoms with Crippen LogP contribution in [0.1, 0.15) is 27.6 Å². The van der Waals surface area contributed by atoms with Crippen LogP contribution < -0.4 is 15.4 Å². The largest absolute Gasteiger partial charge is 0.491 e. The number of hydrogen-bond acceptors (Lipinski definition) is 4. The SMILES string of the molecule is CCOCCOc1cccc(C(=O)Nc2ccc(C(=O)NC)cc2)c1. The maximum atomic E-state index is 12.3. The van der Waals surface area contributed by atoms with Gasteiger partial charge in [-0.15, -0.1) is 0 Å². The van der Waals surface area contributed by atoms with Crippen molar-refractivity contribution in [2.45, 2.75) is 6.92 Å². The van der Waals surface area contributed by atoms with E-state index >= 15 is 0 Å². The standard InChI is InChI=1S/C19H22N2O4/c1-3-24-11-12-25-17-6-4-5-15(13-17)19(23)21-16-9-7-14(8-10-16)18(22)20-2/h4-10,13H,3,11-12H2,1-2H3,(H,20,22)(H,21,23). The van der Waals surface area contributed by atoms with E-state index in [1.807, 2.05) is 6.92 Å². The smallest absolute Gasteiger partial charge is 0.255 e. The van der Waals surface area contributed by atoms with Crippen LogP contribution >= 0.6 is 0 Å². The fourth-order valence-corrected chi connectivity index (χ4v) is 2.14. The lowest BCUT2D eigenvalue weighted by molar-refractivity contribution is 0.0962. The van der Waals surface area contributed by atoms with E-state index in [2.05, 4.69) is 10.6 Å². The van der Waals surface area contributed by atoms with Crippen molar-refractivity contribution in [2.75, 3.05) is 32.2 Å². The molecule has 6 heteroatoms. The zero-order valence-electron chi connectivity index (χ0n) is 14.4. The maximum Gasteiger partial charge on any atom is 0.255 e. The van der Waals surface area contributed by atoms with Crippen LogP contribution in [0, 0.1) is 0 Å². The Morgan fingerprint density at radius 1 is 0.960 bits per heavy atom. The molecule has 2 aromatic carbocycles. The highest BCUT2D eigenvalue weighted by Crippen LogP contribution is 2.16. The first-order valence-electron chi connectivity index (χ1n) is 8.08. The Kier molecular flexibility index (Phi) is 6.98. The highest BCUT2D eigenvalue weighted by molar-refractivity contribution is 6.04. The third-order valence-corrected chi connectivity index (χ3v) is 3.43. The fourth-order valence-electron chi connectivity index (χ4n) is 2.14. The normalized spacial score (nSPS) is 10.2. The Balaban J connectivity index is 1.97. The van der Waals surface area contributed by atoms with E-state index in [0.29, 0.717) is 42.4 Å². The van der Waals surface area contributed by atoms with Crippen molar-refractivity contribution in [3.63, 3.8) is 0 Å². The molecule has 0 radical (unpaired) electrons. The number of carbonyl (C=O) groups is 2. The first kappa shape index (κ1) is 18.5. The molecule has 0 fully saturated rings. The van der Waals surface area contributed by atoms with Crippen molar-refractivity contribution < 1.29 is 19.1 Å². The number of amides is 2. The molecule has 0 aliphatic heterocycles. The van der Waals surface area contributed by atoms with Gasteiger partial charge in [0.05, 0.1) is 6.61 Å². The molecule has 0 spiro atoms. The van der Waals surface area contributed by atoms with Crippen LogP contribution in [0.15, 0.2) is 48.5 Å². The summed E-state index contributed by atoms with van der Waals surface area (Å²) in [6, 6.07) is 13.6. The first-order valence-corrected chi connectivity index (χ1v) is 8.08. The van der Waals surface area contributed by atoms with Gasteiger partial charge in [-0.1, -0.05) is 6.07 Å². The zero-order chi connectivity index (χ0) is 18.1. The molecule has 2 rings (SSSR count). The minimum absolute atomic E-state index is 0.172. The molecule has 0 saturated heterocycles. The van der Waals surface area contributed by atoms with Crippen molar-refractivity contribution in [1.29, 1.82) is 0 Å². The summed E-state index contributed by atoms with van der Waals surface area (Å²) in [4.78, 5) is 23.9. The third kappa shape index (κ3) is 5.61. The summed E-state index contributed by atoms with van der Waals surface area (Å²) >= 11 is 0. The monoisotopic (exact) mass is 342 g/mol. The lowest BCUT2D eigenvalue weighted by Crippen LogP contribution is -2.18. The van der Waals surface area contributed by atoms with Crippen molar-refractivity contribution in [1.82, 2.24) is 5.32 Å². The Bertz CT molecular complexity index is 714. The van der Waals surface area contributed by atoms with Crippen LogP contribution in [0.3, 0.4) is 0 Å². The second-order valence-electron chi connectivity index (χ2n) is 5.18. The molecule has 0 aliphatic carbocycles. The van der Waals surface area contributed by atoms with Gasteiger partial charge in [-0.25, -0.2) is 0 Å². The highest BCUT2D eigenvalue weighted by atomic mass is 16.5. The Labute approximate surface area is 147 Å². The average molecular weight is 342 g/mol. The summed E-state index contributed by atoms with van der Waals surface area (Å²) in [5.41, 5.74) is 1.63. The summed E-state index contributed by atoms with van der Waals surface area (Å²) in [5.74, 6) is 0.194. The van der Waals surface area contributed by atoms with E-state index in [4.69, 9.17) is 9.47 Å². The third-order valence-electron chi connectivity index (χ3n) is 3.43. The topological polar surface area (TPSA) is 76.7 Å². The minimum atomic E-state index is -0.247. The number of rotatable bonds is 8. The van der Waals surface area contributed by atoms with Crippen molar-refractivity contribution in [3.8, 4) is 5.75 Å². The molecule has 0 saturated carbocycles. The molecule has 0 atom stereocenters. The van der Waals surface area contributed by atoms with Gasteiger partial charge in [0.2, 0.25) is 0 Å². The molecular weight excluding hydrogens is 320 g/mol. The first-order chi connectivity index (χ1) is 12.1. The van der Waals surface area contributed by atoms with Gasteiger partial charge < -0.3 is 20.1 Å². The summed E-state index contributed by atoms with van der Waals surface area (Å²) in [5, 5.41) is 5.34. The second kappa shape index (κ2) is 9.44. The molecule has 6 nitrogen and oxygen atoms in total. The van der Waals surface area contributed by atoms with Crippen LogP contribution in [0.2, 0.25) is 0 Å². The minimum Gasteiger partial charge on any atom is -0.491 e. The number of benzene rings is 2. The van der Waals surface area contributed by atoms with Crippen LogP contribution in [0.5, 0.6) is 5.75 Å². The molecule has 2 N–H and O–H groups in total. The molecule has 2 amide bonds. The molecule has 0 unspecified atom stereocenters. The van der Waals surface area contributed by atoms with E-state index < -0.39 is 0 Å². The molecular formula is C19H22N2O4. The van der Waals surface area contributed by atoms with Crippen molar-refractivity contribution in [2.24, 2.45) is 0 Å². The van der Waals surface area contributed by atoms with Gasteiger partial charge in [0, 0.05) is 30.5 Å². The second-order valence-corrected chi connectivity index (χ2v) is 5.18. The predicted molar refractivity (Wildman–Crippen MR) is 96.2 cm³/mol. The highest BCUT2D eigenvalue weighted by Gasteiger charge is 2.08. The van der Waals surface area contributed by atoms with E-state index in [-0.39, 0.29) is 11.8 Å². The van der Waals surface area contributed by atoms with E-state index in [9.17, 15) is 9.59 Å². The van der Waals surface area contributed by atoms with Gasteiger partial charge in [-0.2, -0.15) is 0 Å². The van der Waals surface area contributed by atoms with E-state index in [0.717, 1.165) is 0 Å². The molecule has 25 heavy (non-hydrogen) atoms. The van der Waals surface area contributed by atoms with Crippen LogP contribution in [0.25, 0.3) is 0 Å². The zero-order valence-corrected chi connectivity index (χ0v) is 14.4. The fraction of sp³-hybridized carbons (Fsp3) is 0.263. The summed E-state index contributed by atoms with van der Waals surface area (Å²) in [6.07, 6.45) is 0. The molecule has 132 valence electrons. The number of carbonyl (C=O) groups excluding carboxylic acids is 2. The number of ether oxygens (including phenoxy) is 2. The Hall–Kier alpha value is -2.86. The number of anilines is 1. The molecule has 0 aromatic heterocycles. The van der Waals surface area contributed by atoms with E-state index in [1.54, 1.807) is 55.6 Å². The molecule has 2 aromatic rings. The molecule has 0 aliphatic rings. The predicted octanol–water partition coefficient (Wildman–Crippen LogP) is 2.71. The van der Waals surface area contributed by atoms with E-state index in [1.165, 1.54) is 0 Å². The van der Waals surface area contributed by atoms with Gasteiger partial charge >= 0.3 is 0 Å². The van der Waals surface area contributed by atoms with Crippen LogP contribution in [0.4, 0.5) is 5.69 Å². The lowest BCUT2D eigenvalue weighted by atomic mass is 10.1. The summed E-state index contributed by atoms with van der Waals surface area (Å²) in [7, 11) is 1.57. The van der Waals surface area contributed by atoms with Gasteiger partial charge in [0.15, 0.2) is 0 Å². The summed E-state index contributed by atoms with van der Waals surface area (Å²) in [6.45, 7) is 3.50. The quantitative estimate of drug-likeness (QED) is 0.723. The Morgan fingerprint density at radius 2 is 1.72 bits per heavy atom. The average Bonchev–Trinajstić information content (AvgIpc) is 2.65. The van der Waals surface area contributed by atoms with Crippen molar-refractivity contribution >= 4 is 17.5 Å². The Morgan fingerprint density at radius 3 is 2.40 bits per heavy atom. The lowest BCUT2D eigenvalue weighted by Gasteiger charge is -2.09. The number of nitrogens with one attached hydrogen (secondary N) is 2. The van der Waals surface area contributed by atoms with Crippen molar-refractivity contribution in [3.05, 3.63) is 59.7 Å². The van der Waals surface area contributed by atoms with Crippen LogP contribution in [-0.4, -0.2) is 38.7 Å². The summed E-state index contributed by atoms with van der Waals surface area (Å²) < 4.78 is 10.8. The maximum absolute atomic E-state index is 12.3. The van der Waals surface area contributed by atoms with Gasteiger partial charge in [-0.3, -0.25) is 9.59 Å². The number of hydrogen-bond donors (Lipinski definition) is 2. The van der Waals surface area contributed by atoms with Gasteiger partial charge in [0.1, 0.15) is 12.4 Å². The van der Waals surface area contributed by atoms with Gasteiger partial charge in [-0.05, 0) is 49.4 Å². The van der Waals surface area contributed by atoms with Crippen LogP contribution in [-0.2, 0) is 4.74 Å². The molecule has 0 bridgehead atoms. The van der Waals surface area contributed by atoms with Gasteiger partial charge in [0.25, 0.3) is 11.8 Å².